The number of benzene rings is 2. The molecule has 9 heteroatoms. The molecule has 2 N–H and O–H groups in total. The molecule has 5 rings (SSSR count). The van der Waals surface area contributed by atoms with E-state index < -0.39 is 0 Å². The Morgan fingerprint density at radius 1 is 1.05 bits per heavy atom. The number of nitrogens with one attached hydrogen (secondary N) is 1. The van der Waals surface area contributed by atoms with Gasteiger partial charge < -0.3 is 25.1 Å². The Morgan fingerprint density at radius 3 is 2.50 bits per heavy atom. The van der Waals surface area contributed by atoms with Crippen molar-refractivity contribution in [3.05, 3.63) is 83.0 Å². The number of amides is 1. The summed E-state index contributed by atoms with van der Waals surface area (Å²) >= 11 is 0. The highest BCUT2D eigenvalue weighted by atomic mass is 32.1. The smallest absolute Gasteiger partial charge is 0.254 e. The van der Waals surface area contributed by atoms with Gasteiger partial charge in [0.1, 0.15) is 11.9 Å². The average molecular weight is 559 g/mol. The number of pyridine rings is 1. The molecule has 2 aliphatic rings. The molecule has 2 aromatic carbocycles. The third-order valence-corrected chi connectivity index (χ3v) is 7.95. The third-order valence-electron chi connectivity index (χ3n) is 7.95. The van der Waals surface area contributed by atoms with E-state index in [1.54, 1.807) is 6.20 Å². The Hall–Kier alpha value is -3.74. The van der Waals surface area contributed by atoms with Crippen LogP contribution < -0.4 is 15.1 Å². The zero-order valence-corrected chi connectivity index (χ0v) is 24.2. The lowest BCUT2D eigenvalue weighted by Gasteiger charge is -2.41. The number of nitriles is 1. The van der Waals surface area contributed by atoms with Gasteiger partial charge in [-0.05, 0) is 68.1 Å². The Balaban J connectivity index is 0.00000370. The number of piperidine rings is 1. The first-order valence-electron chi connectivity index (χ1n) is 13.7. The Kier molecular flexibility index (Phi) is 9.56. The molecule has 1 atom stereocenters. The van der Waals surface area contributed by atoms with E-state index >= 15 is 0 Å². The summed E-state index contributed by atoms with van der Waals surface area (Å²) in [7, 11) is 0. The summed E-state index contributed by atoms with van der Waals surface area (Å²) in [6, 6.07) is 20.0. The molecule has 0 aliphatic carbocycles. The highest BCUT2D eigenvalue weighted by Crippen LogP contribution is 2.28. The summed E-state index contributed by atoms with van der Waals surface area (Å²) in [4.78, 5) is 24.4. The molecule has 8 nitrogen and oxygen atoms in total. The quantitative estimate of drug-likeness (QED) is 0.471. The molecule has 3 heterocycles. The van der Waals surface area contributed by atoms with Crippen LogP contribution in [0.25, 0.3) is 0 Å². The van der Waals surface area contributed by atoms with Crippen LogP contribution >= 0.6 is 13.5 Å². The Labute approximate surface area is 243 Å². The van der Waals surface area contributed by atoms with E-state index in [2.05, 4.69) is 39.2 Å². The van der Waals surface area contributed by atoms with E-state index in [-0.39, 0.29) is 32.1 Å². The van der Waals surface area contributed by atoms with Gasteiger partial charge in [-0.3, -0.25) is 4.79 Å². The number of hydrogen-bond donors (Lipinski definition) is 2. The molecule has 2 fully saturated rings. The van der Waals surface area contributed by atoms with Gasteiger partial charge in [0.05, 0.1) is 23.9 Å². The van der Waals surface area contributed by atoms with Crippen molar-refractivity contribution in [2.75, 3.05) is 54.4 Å². The molecule has 2 saturated heterocycles. The molecular formula is C31H38N6O2S. The minimum Gasteiger partial charge on any atom is -0.394 e. The molecular weight excluding hydrogens is 520 g/mol. The Bertz CT molecular complexity index is 1350. The molecule has 3 aromatic rings. The lowest BCUT2D eigenvalue weighted by atomic mass is 9.99. The molecule has 1 aromatic heterocycles. The molecule has 2 aliphatic heterocycles. The summed E-state index contributed by atoms with van der Waals surface area (Å²) in [5.41, 5.74) is 5.48. The number of aromatic nitrogens is 1. The van der Waals surface area contributed by atoms with Crippen LogP contribution in [0, 0.1) is 25.2 Å². The van der Waals surface area contributed by atoms with Gasteiger partial charge in [-0.1, -0.05) is 24.3 Å². The molecule has 40 heavy (non-hydrogen) atoms. The first kappa shape index (κ1) is 29.2. The second-order valence-corrected chi connectivity index (χ2v) is 10.5. The molecule has 0 unspecified atom stereocenters. The number of para-hydroxylation sites is 1. The highest BCUT2D eigenvalue weighted by Gasteiger charge is 2.31. The van der Waals surface area contributed by atoms with Crippen LogP contribution in [-0.4, -0.2) is 72.3 Å². The zero-order valence-electron chi connectivity index (χ0n) is 23.2. The summed E-state index contributed by atoms with van der Waals surface area (Å²) in [5.74, 6) is 0.821. The number of rotatable bonds is 6. The van der Waals surface area contributed by atoms with Gasteiger partial charge in [0.25, 0.3) is 5.91 Å². The fourth-order valence-corrected chi connectivity index (χ4v) is 5.76. The van der Waals surface area contributed by atoms with Crippen LogP contribution in [0.3, 0.4) is 0 Å². The van der Waals surface area contributed by atoms with Gasteiger partial charge >= 0.3 is 0 Å². The number of aryl methyl sites for hydroxylation is 2. The van der Waals surface area contributed by atoms with E-state index in [0.29, 0.717) is 36.8 Å². The fourth-order valence-electron chi connectivity index (χ4n) is 5.76. The second-order valence-electron chi connectivity index (χ2n) is 10.5. The number of piperazine rings is 1. The first-order valence-corrected chi connectivity index (χ1v) is 13.7. The predicted octanol–water partition coefficient (Wildman–Crippen LogP) is 4.09. The van der Waals surface area contributed by atoms with E-state index in [4.69, 9.17) is 0 Å². The van der Waals surface area contributed by atoms with Gasteiger partial charge in [-0.15, -0.1) is 0 Å². The van der Waals surface area contributed by atoms with Crippen molar-refractivity contribution in [1.82, 2.24) is 9.88 Å². The summed E-state index contributed by atoms with van der Waals surface area (Å²) in [6.45, 7) is 7.41. The maximum atomic E-state index is 13.7. The molecule has 1 amide bonds. The second kappa shape index (κ2) is 13.1. The normalized spacial score (nSPS) is 17.6. The van der Waals surface area contributed by atoms with E-state index in [1.165, 1.54) is 0 Å². The number of carbonyl (C=O) groups excluding carboxylic acids is 1. The van der Waals surface area contributed by atoms with Crippen LogP contribution in [0.5, 0.6) is 0 Å². The van der Waals surface area contributed by atoms with Crippen molar-refractivity contribution in [3.63, 3.8) is 0 Å². The van der Waals surface area contributed by atoms with Crippen LogP contribution in [0.2, 0.25) is 0 Å². The number of anilines is 3. The summed E-state index contributed by atoms with van der Waals surface area (Å²) in [6.07, 6.45) is 3.65. The third kappa shape index (κ3) is 6.19. The van der Waals surface area contributed by atoms with Crippen molar-refractivity contribution < 1.29 is 9.90 Å². The Morgan fingerprint density at radius 2 is 1.80 bits per heavy atom. The topological polar surface area (TPSA) is 95.7 Å². The van der Waals surface area contributed by atoms with Gasteiger partial charge in [0.15, 0.2) is 0 Å². The van der Waals surface area contributed by atoms with Crippen LogP contribution in [0.1, 0.15) is 39.9 Å². The highest BCUT2D eigenvalue weighted by molar-refractivity contribution is 7.59. The van der Waals surface area contributed by atoms with E-state index in [9.17, 15) is 15.2 Å². The summed E-state index contributed by atoms with van der Waals surface area (Å²) in [5, 5.41) is 23.3. The number of hydrogen-bond acceptors (Lipinski definition) is 7. The largest absolute Gasteiger partial charge is 0.394 e. The van der Waals surface area contributed by atoms with Gasteiger partial charge in [-0.25, -0.2) is 4.98 Å². The van der Waals surface area contributed by atoms with Crippen LogP contribution in [0.4, 0.5) is 17.2 Å². The number of aliphatic hydroxyl groups excluding tert-OH is 1. The molecule has 0 spiro atoms. The van der Waals surface area contributed by atoms with E-state index in [1.807, 2.05) is 60.4 Å². The minimum absolute atomic E-state index is 0. The molecule has 0 radical (unpaired) electrons. The maximum absolute atomic E-state index is 13.7. The van der Waals surface area contributed by atoms with Crippen LogP contribution in [-0.2, 0) is 0 Å². The first-order chi connectivity index (χ1) is 19.0. The van der Waals surface area contributed by atoms with Crippen molar-refractivity contribution >= 4 is 36.6 Å². The monoisotopic (exact) mass is 558 g/mol. The van der Waals surface area contributed by atoms with E-state index in [0.717, 1.165) is 54.3 Å². The number of nitrogens with zero attached hydrogens (tertiary/aromatic N) is 5. The molecule has 0 bridgehead atoms. The van der Waals surface area contributed by atoms with Gasteiger partial charge in [-0.2, -0.15) is 18.8 Å². The van der Waals surface area contributed by atoms with Crippen molar-refractivity contribution in [2.24, 2.45) is 0 Å². The van der Waals surface area contributed by atoms with Crippen molar-refractivity contribution in [2.45, 2.75) is 38.8 Å². The zero-order chi connectivity index (χ0) is 27.4. The SMILES string of the molecule is Cc1cc(C)c(C(=O)N2CCN(c3ccccn3)[C@H](CO)C2)cc1NC1CCN(c2ccccc2C#N)CC1.S. The fraction of sp³-hybridized carbons (Fsp3) is 0.387. The average Bonchev–Trinajstić information content (AvgIpc) is 2.98. The van der Waals surface area contributed by atoms with Gasteiger partial charge in [0, 0.05) is 56.2 Å². The maximum Gasteiger partial charge on any atom is 0.254 e. The lowest BCUT2D eigenvalue weighted by Crippen LogP contribution is -2.56. The minimum atomic E-state index is -0.197. The molecule has 0 saturated carbocycles. The standard InChI is InChI=1S/C31H36N6O2.H2S/c1-22-17-23(2)28(34-25-10-13-35(14-11-25)29-8-4-3-7-24(29)19-32)18-27(22)31(39)36-15-16-37(26(20-36)21-38)30-9-5-6-12-33-30;/h3-9,12,17-18,25-26,34,38H,10-11,13-16,20-21H2,1-2H3;1H2/t26-;/m0./s1. The molecule has 210 valence electrons. The van der Waals surface area contributed by atoms with Crippen molar-refractivity contribution in [1.29, 1.82) is 5.26 Å². The van der Waals surface area contributed by atoms with Gasteiger partial charge in [0.2, 0.25) is 0 Å². The predicted molar refractivity (Wildman–Crippen MR) is 165 cm³/mol. The lowest BCUT2D eigenvalue weighted by molar-refractivity contribution is 0.0698. The number of aliphatic hydroxyl groups is 1. The van der Waals surface area contributed by atoms with Crippen LogP contribution in [0.15, 0.2) is 60.8 Å². The number of carbonyl (C=O) groups is 1. The summed E-state index contributed by atoms with van der Waals surface area (Å²) < 4.78 is 0. The van der Waals surface area contributed by atoms with Crippen molar-refractivity contribution in [3.8, 4) is 6.07 Å².